The van der Waals surface area contributed by atoms with E-state index in [1.165, 1.54) is 27.2 Å². The fraction of sp³-hybridized carbons (Fsp3) is 0.581. The van der Waals surface area contributed by atoms with Gasteiger partial charge in [0.25, 0.3) is 5.91 Å². The summed E-state index contributed by atoms with van der Waals surface area (Å²) in [5.41, 5.74) is 1.81. The zero-order valence-corrected chi connectivity index (χ0v) is 37.7. The maximum Gasteiger partial charge on any atom is 0.252 e. The number of rotatable bonds is 22. The molecule has 4 aliphatic rings. The Kier molecular flexibility index (Phi) is 18.3. The minimum absolute atomic E-state index is 0.0119. The van der Waals surface area contributed by atoms with Crippen LogP contribution in [0.4, 0.5) is 0 Å². The molecule has 11 N–H and O–H groups in total. The summed E-state index contributed by atoms with van der Waals surface area (Å²) in [6.07, 6.45) is -2.07. The molecule has 0 bridgehead atoms. The van der Waals surface area contributed by atoms with Gasteiger partial charge in [-0.3, -0.25) is 38.4 Å². The lowest BCUT2D eigenvalue weighted by Gasteiger charge is -2.39. The standard InChI is InChI=1S/C43H59N7O17/c1-5-21-32(25(6-2)62-3)38(58)35-34(36(21)56)37(57)22-13-43(61,14-26(63-4)33(22)39(35)59)42(60)50-24-20-67-40-23(19-66-41(24)40)49-31(55)18-48-30(54)17-47-29(53)16-46-28(52)15-45-27(51)7-9-64-11-12-65-10-8-44/h5,23-24,26,40-41,57,59,61H,6-20,44H2,1-4H3,(H,45,51)(H,46,52)(H,47,53)(H,48,54)(H,49,55)(H,50,60)/b21-5+,32-25-. The summed E-state index contributed by atoms with van der Waals surface area (Å²) in [4.78, 5) is 103. The van der Waals surface area contributed by atoms with Gasteiger partial charge in [-0.15, -0.1) is 0 Å². The Morgan fingerprint density at radius 3 is 1.84 bits per heavy atom. The van der Waals surface area contributed by atoms with Gasteiger partial charge in [-0.05, 0) is 6.92 Å². The van der Waals surface area contributed by atoms with Gasteiger partial charge in [0.05, 0.1) is 108 Å². The molecule has 67 heavy (non-hydrogen) atoms. The van der Waals surface area contributed by atoms with Crippen LogP contribution in [0.5, 0.6) is 11.5 Å². The van der Waals surface area contributed by atoms with Crippen LogP contribution < -0.4 is 37.6 Å². The molecule has 368 valence electrons. The largest absolute Gasteiger partial charge is 0.507 e. The molecule has 24 nitrogen and oxygen atoms in total. The van der Waals surface area contributed by atoms with E-state index >= 15 is 0 Å². The molecule has 2 saturated heterocycles. The molecule has 1 aromatic rings. The van der Waals surface area contributed by atoms with Crippen LogP contribution in [0.25, 0.3) is 0 Å². The van der Waals surface area contributed by atoms with Crippen molar-refractivity contribution in [2.45, 2.75) is 75.5 Å². The molecule has 6 atom stereocenters. The number of carbonyl (C=O) groups excluding carboxylic acids is 8. The topological polar surface area (TPSA) is 351 Å². The molecule has 0 saturated carbocycles. The zero-order valence-electron chi connectivity index (χ0n) is 37.7. The highest BCUT2D eigenvalue weighted by Gasteiger charge is 2.53. The lowest BCUT2D eigenvalue weighted by Crippen LogP contribution is -2.56. The van der Waals surface area contributed by atoms with E-state index in [2.05, 4.69) is 31.9 Å². The van der Waals surface area contributed by atoms with Crippen LogP contribution in [0.1, 0.15) is 71.1 Å². The van der Waals surface area contributed by atoms with Crippen molar-refractivity contribution in [3.05, 3.63) is 45.2 Å². The number of fused-ring (bicyclic) bond motifs is 3. The van der Waals surface area contributed by atoms with Crippen molar-refractivity contribution in [1.82, 2.24) is 31.9 Å². The number of ketones is 2. The molecule has 2 aliphatic carbocycles. The second kappa shape index (κ2) is 23.6. The van der Waals surface area contributed by atoms with Crippen molar-refractivity contribution >= 4 is 47.0 Å². The molecular formula is C43H59N7O17. The van der Waals surface area contributed by atoms with Crippen molar-refractivity contribution in [1.29, 1.82) is 0 Å². The lowest BCUT2D eigenvalue weighted by atomic mass is 9.72. The highest BCUT2D eigenvalue weighted by Crippen LogP contribution is 2.52. The molecule has 5 rings (SSSR count). The molecule has 0 spiro atoms. The minimum atomic E-state index is -2.26. The quantitative estimate of drug-likeness (QED) is 0.0236. The molecule has 6 unspecified atom stereocenters. The highest BCUT2D eigenvalue weighted by molar-refractivity contribution is 6.33. The van der Waals surface area contributed by atoms with E-state index in [9.17, 15) is 53.7 Å². The Morgan fingerprint density at radius 1 is 0.761 bits per heavy atom. The first-order valence-corrected chi connectivity index (χ1v) is 21.7. The van der Waals surface area contributed by atoms with Crippen LogP contribution in [0, 0.1) is 0 Å². The number of phenols is 2. The minimum Gasteiger partial charge on any atom is -0.507 e. The summed E-state index contributed by atoms with van der Waals surface area (Å²) in [7, 11) is 2.61. The van der Waals surface area contributed by atoms with Gasteiger partial charge in [-0.2, -0.15) is 0 Å². The number of phenolic OH excluding ortho intramolecular Hbond substituents is 2. The number of hydrogen-bond donors (Lipinski definition) is 10. The normalized spacial score (nSPS) is 24.2. The van der Waals surface area contributed by atoms with Gasteiger partial charge in [0.15, 0.2) is 5.78 Å². The first-order chi connectivity index (χ1) is 32.0. The Bertz CT molecular complexity index is 2160. The number of aliphatic hydroxyl groups is 1. The number of ether oxygens (including phenoxy) is 6. The van der Waals surface area contributed by atoms with Crippen molar-refractivity contribution in [3.8, 4) is 11.5 Å². The third-order valence-corrected chi connectivity index (χ3v) is 11.5. The van der Waals surface area contributed by atoms with Crippen molar-refractivity contribution in [2.24, 2.45) is 5.73 Å². The predicted molar refractivity (Wildman–Crippen MR) is 230 cm³/mol. The molecule has 24 heteroatoms. The summed E-state index contributed by atoms with van der Waals surface area (Å²) in [5.74, 6) is -6.63. The summed E-state index contributed by atoms with van der Waals surface area (Å²) in [6.45, 7) is 2.84. The number of Topliss-reactive ketones (excluding diaryl/α,β-unsaturated/α-hetero) is 2. The van der Waals surface area contributed by atoms with Crippen molar-refractivity contribution < 1.29 is 82.1 Å². The van der Waals surface area contributed by atoms with E-state index in [4.69, 9.17) is 34.2 Å². The second-order valence-electron chi connectivity index (χ2n) is 15.9. The first-order valence-electron chi connectivity index (χ1n) is 21.7. The molecule has 1 aromatic carbocycles. The third kappa shape index (κ3) is 12.1. The fourth-order valence-corrected chi connectivity index (χ4v) is 8.25. The Labute approximate surface area is 385 Å². The van der Waals surface area contributed by atoms with Crippen molar-refractivity contribution in [2.75, 3.05) is 86.6 Å². The van der Waals surface area contributed by atoms with Gasteiger partial charge in [0, 0.05) is 56.0 Å². The summed E-state index contributed by atoms with van der Waals surface area (Å²) < 4.78 is 33.1. The van der Waals surface area contributed by atoms with Gasteiger partial charge in [-0.25, -0.2) is 0 Å². The van der Waals surface area contributed by atoms with E-state index in [1.54, 1.807) is 6.92 Å². The average molecular weight is 946 g/mol. The van der Waals surface area contributed by atoms with E-state index < -0.39 is 138 Å². The number of nitrogens with one attached hydrogen (secondary N) is 6. The molecule has 2 fully saturated rings. The van der Waals surface area contributed by atoms with Crippen LogP contribution in [0.2, 0.25) is 0 Å². The van der Waals surface area contributed by atoms with Crippen molar-refractivity contribution in [3.63, 3.8) is 0 Å². The molecule has 0 radical (unpaired) electrons. The Hall–Kier alpha value is -6.02. The van der Waals surface area contributed by atoms with Crippen LogP contribution in [-0.4, -0.2) is 179 Å². The van der Waals surface area contributed by atoms with Gasteiger partial charge in [0.2, 0.25) is 35.3 Å². The number of carbonyl (C=O) groups is 8. The second-order valence-corrected chi connectivity index (χ2v) is 15.9. The first kappa shape index (κ1) is 52.0. The third-order valence-electron chi connectivity index (χ3n) is 11.5. The van der Waals surface area contributed by atoms with E-state index in [-0.39, 0.29) is 73.8 Å². The van der Waals surface area contributed by atoms with E-state index in [0.29, 0.717) is 19.8 Å². The van der Waals surface area contributed by atoms with Crippen LogP contribution >= 0.6 is 0 Å². The maximum atomic E-state index is 13.9. The molecule has 2 aliphatic heterocycles. The van der Waals surface area contributed by atoms with Crippen LogP contribution in [0.3, 0.4) is 0 Å². The molecule has 2 heterocycles. The molecule has 0 aromatic heterocycles. The van der Waals surface area contributed by atoms with Crippen LogP contribution in [-0.2, 0) is 63.6 Å². The predicted octanol–water partition coefficient (Wildman–Crippen LogP) is -3.29. The Balaban J connectivity index is 1.07. The number of amides is 6. The average Bonchev–Trinajstić information content (AvgIpc) is 3.90. The number of hydrogen-bond acceptors (Lipinski definition) is 18. The Morgan fingerprint density at radius 2 is 1.30 bits per heavy atom. The molecule has 6 amide bonds. The summed E-state index contributed by atoms with van der Waals surface area (Å²) in [6, 6.07) is -1.52. The fourth-order valence-electron chi connectivity index (χ4n) is 8.25. The van der Waals surface area contributed by atoms with E-state index in [0.717, 1.165) is 0 Å². The number of allylic oxidation sites excluding steroid dienone is 4. The smallest absolute Gasteiger partial charge is 0.252 e. The van der Waals surface area contributed by atoms with Gasteiger partial charge in [-0.1, -0.05) is 13.0 Å². The van der Waals surface area contributed by atoms with Gasteiger partial charge < -0.3 is 81.4 Å². The van der Waals surface area contributed by atoms with Gasteiger partial charge >= 0.3 is 0 Å². The lowest BCUT2D eigenvalue weighted by molar-refractivity contribution is -0.146. The maximum absolute atomic E-state index is 13.9. The summed E-state index contributed by atoms with van der Waals surface area (Å²) >= 11 is 0. The number of aromatic hydroxyl groups is 2. The van der Waals surface area contributed by atoms with Crippen LogP contribution in [0.15, 0.2) is 23.0 Å². The summed E-state index contributed by atoms with van der Waals surface area (Å²) in [5, 5.41) is 49.8. The number of methoxy groups -OCH3 is 2. The molecular weight excluding hydrogens is 887 g/mol. The SMILES string of the molecule is C/C=C1/C(=O)c2c(O)c3c(c(O)c2C(=O)/C1=C(/CC)OC)C(OC)CC(O)(C(=O)NC1COC2C(NC(=O)CNC(=O)CNC(=O)CNC(=O)CNC(=O)CCOCCOCCN)COC12)C3. The highest BCUT2D eigenvalue weighted by atomic mass is 16.6. The zero-order chi connectivity index (χ0) is 49.0. The van der Waals surface area contributed by atoms with E-state index in [1.807, 2.05) is 0 Å². The van der Waals surface area contributed by atoms with Gasteiger partial charge in [0.1, 0.15) is 35.1 Å². The monoisotopic (exact) mass is 945 g/mol. The number of benzene rings is 1. The number of nitrogens with two attached hydrogens (primary N) is 1.